The number of hydrogen-bond donors (Lipinski definition) is 2. The highest BCUT2D eigenvalue weighted by molar-refractivity contribution is 4.65. The Morgan fingerprint density at radius 1 is 0.900 bits per heavy atom. The highest BCUT2D eigenvalue weighted by Crippen LogP contribution is 1.63. The number of imidazole rings is 2. The van der Waals surface area contributed by atoms with E-state index >= 15 is 0 Å². The number of aromatic amines is 2. The summed E-state index contributed by atoms with van der Waals surface area (Å²) in [5.74, 6) is 0. The van der Waals surface area contributed by atoms with Gasteiger partial charge >= 0.3 is 0 Å². The maximum absolute atomic E-state index is 3.67. The lowest BCUT2D eigenvalue weighted by molar-refractivity contribution is 1.31. The lowest BCUT2D eigenvalue weighted by atomic mass is 11.0. The van der Waals surface area contributed by atoms with Crippen LogP contribution in [0.5, 0.6) is 0 Å². The molecule has 4 heteroatoms. The van der Waals surface area contributed by atoms with Crippen molar-refractivity contribution in [2.24, 2.45) is 0 Å². The summed E-state index contributed by atoms with van der Waals surface area (Å²) in [7, 11) is 0. The van der Waals surface area contributed by atoms with Crippen molar-refractivity contribution in [3.05, 3.63) is 37.4 Å². The topological polar surface area (TPSA) is 57.4 Å². The second-order valence-electron chi connectivity index (χ2n) is 1.52. The van der Waals surface area contributed by atoms with Crippen molar-refractivity contribution in [3.63, 3.8) is 0 Å². The van der Waals surface area contributed by atoms with Gasteiger partial charge in [0.1, 0.15) is 0 Å². The van der Waals surface area contributed by atoms with E-state index in [2.05, 4.69) is 19.9 Å². The molecule has 0 amide bonds. The monoisotopic (exact) mass is 140 g/mol. The van der Waals surface area contributed by atoms with Crippen molar-refractivity contribution in [1.82, 2.24) is 19.9 Å². The number of nitrogens with zero attached hydrogens (tertiary/aromatic N) is 2. The lowest BCUT2D eigenvalue weighted by Gasteiger charge is -1.46. The summed E-state index contributed by atoms with van der Waals surface area (Å²) >= 11 is 0. The summed E-state index contributed by atoms with van der Waals surface area (Å²) in [6, 6.07) is 0. The molecule has 0 unspecified atom stereocenters. The Morgan fingerprint density at radius 3 is 1.50 bits per heavy atom. The molecule has 0 fully saturated rings. The fourth-order valence-corrected chi connectivity index (χ4v) is 0.430. The number of H-pyrrole nitrogens is 2. The molecule has 0 saturated carbocycles. The van der Waals surface area contributed by atoms with Crippen LogP contribution in [0.4, 0.5) is 0 Å². The van der Waals surface area contributed by atoms with Gasteiger partial charge in [0, 0.05) is 27.6 Å². The largest absolute Gasteiger partial charge is 0.351 e. The minimum atomic E-state index is 0. The van der Waals surface area contributed by atoms with Crippen molar-refractivity contribution in [1.29, 1.82) is 0 Å². The molecule has 0 bridgehead atoms. The van der Waals surface area contributed by atoms with Gasteiger partial charge in [0.2, 0.25) is 0 Å². The molecule has 10 heavy (non-hydrogen) atoms. The zero-order chi connectivity index (χ0) is 7.07. The Bertz CT molecular complexity index is 157. The van der Waals surface area contributed by atoms with Crippen molar-refractivity contribution >= 4 is 0 Å². The smallest absolute Gasteiger partial charge is 0.0919 e. The fraction of sp³-hybridized carbons (Fsp3) is 0. The van der Waals surface area contributed by atoms with Crippen LogP contribution in [0.25, 0.3) is 0 Å². The first-order chi connectivity index (χ1) is 5.00. The minimum Gasteiger partial charge on any atom is -0.351 e. The Hall–Kier alpha value is -1.58. The van der Waals surface area contributed by atoms with Crippen LogP contribution in [0.15, 0.2) is 37.4 Å². The zero-order valence-electron chi connectivity index (χ0n) is 5.36. The molecule has 0 aliphatic rings. The lowest BCUT2D eigenvalue weighted by Crippen LogP contribution is -1.44. The molecule has 0 aromatic carbocycles. The van der Waals surface area contributed by atoms with Crippen LogP contribution < -0.4 is 0 Å². The molecule has 2 heterocycles. The van der Waals surface area contributed by atoms with Gasteiger partial charge in [-0.3, -0.25) is 0 Å². The summed E-state index contributed by atoms with van der Waals surface area (Å²) < 4.78 is 0. The van der Waals surface area contributed by atoms with E-state index in [1.165, 1.54) is 0 Å². The van der Waals surface area contributed by atoms with E-state index in [9.17, 15) is 0 Å². The number of nitrogens with one attached hydrogen (secondary N) is 2. The second-order valence-corrected chi connectivity index (χ2v) is 1.52. The van der Waals surface area contributed by atoms with Crippen LogP contribution >= 0.6 is 0 Å². The molecule has 2 aromatic rings. The summed E-state index contributed by atoms with van der Waals surface area (Å²) in [5.41, 5.74) is 0. The van der Waals surface area contributed by atoms with Crippen LogP contribution in [0.3, 0.4) is 0 Å². The summed E-state index contributed by atoms with van der Waals surface area (Å²) in [4.78, 5) is 12.8. The average molecular weight is 140 g/mol. The molecule has 56 valence electrons. The van der Waals surface area contributed by atoms with E-state index < -0.39 is 0 Å². The van der Waals surface area contributed by atoms with Crippen molar-refractivity contribution < 1.29 is 2.85 Å². The Balaban J connectivity index is 0. The third-order valence-corrected chi connectivity index (χ3v) is 0.812. The SMILES string of the molecule is [HH].[HH].c1c[nH]cn1.c1c[nH]cn1. The van der Waals surface area contributed by atoms with Gasteiger partial charge in [-0.05, 0) is 0 Å². The molecule has 0 radical (unpaired) electrons. The first-order valence-electron chi connectivity index (χ1n) is 2.85. The molecule has 2 rings (SSSR count). The van der Waals surface area contributed by atoms with Crippen LogP contribution in [-0.4, -0.2) is 19.9 Å². The second kappa shape index (κ2) is 4.31. The van der Waals surface area contributed by atoms with Gasteiger partial charge in [-0.2, -0.15) is 0 Å². The maximum atomic E-state index is 3.67. The zero-order valence-corrected chi connectivity index (χ0v) is 5.36. The first-order valence-corrected chi connectivity index (χ1v) is 2.85. The minimum absolute atomic E-state index is 0. The van der Waals surface area contributed by atoms with Gasteiger partial charge in [0.25, 0.3) is 0 Å². The number of hydrogen-bond acceptors (Lipinski definition) is 2. The average Bonchev–Trinajstić information content (AvgIpc) is 2.67. The van der Waals surface area contributed by atoms with E-state index in [4.69, 9.17) is 0 Å². The van der Waals surface area contributed by atoms with E-state index in [1.807, 2.05) is 0 Å². The Labute approximate surface area is 61.3 Å². The molecule has 2 N–H and O–H groups in total. The molecule has 0 atom stereocenters. The molecule has 0 saturated heterocycles. The molecule has 4 nitrogen and oxygen atoms in total. The van der Waals surface area contributed by atoms with E-state index in [0.29, 0.717) is 0 Å². The summed E-state index contributed by atoms with van der Waals surface area (Å²) in [6.07, 6.45) is 10.2. The van der Waals surface area contributed by atoms with Gasteiger partial charge in [-0.25, -0.2) is 9.97 Å². The van der Waals surface area contributed by atoms with Crippen LogP contribution in [-0.2, 0) is 0 Å². The van der Waals surface area contributed by atoms with E-state index in [1.54, 1.807) is 37.4 Å². The molecule has 0 aliphatic heterocycles. The standard InChI is InChI=1S/2C3H4N2.2H2/c2*1-2-5-3-4-1;;/h2*1-3H,(H,4,5);2*1H. The van der Waals surface area contributed by atoms with Crippen LogP contribution in [0, 0.1) is 0 Å². The molecule has 0 aliphatic carbocycles. The Morgan fingerprint density at radius 2 is 1.40 bits per heavy atom. The fourth-order valence-electron chi connectivity index (χ4n) is 0.430. The maximum Gasteiger partial charge on any atom is 0.0919 e. The summed E-state index contributed by atoms with van der Waals surface area (Å²) in [5, 5.41) is 0. The quantitative estimate of drug-likeness (QED) is 0.579. The van der Waals surface area contributed by atoms with Crippen molar-refractivity contribution in [2.75, 3.05) is 0 Å². The highest BCUT2D eigenvalue weighted by Gasteiger charge is 1.56. The normalized spacial score (nSPS) is 8.00. The third-order valence-electron chi connectivity index (χ3n) is 0.812. The first kappa shape index (κ1) is 6.54. The van der Waals surface area contributed by atoms with Gasteiger partial charge < -0.3 is 9.97 Å². The predicted molar refractivity (Wildman–Crippen MR) is 41.4 cm³/mol. The molecular weight excluding hydrogens is 128 g/mol. The van der Waals surface area contributed by atoms with E-state index in [0.717, 1.165) is 0 Å². The van der Waals surface area contributed by atoms with E-state index in [-0.39, 0.29) is 2.85 Å². The van der Waals surface area contributed by atoms with Crippen LogP contribution in [0.2, 0.25) is 0 Å². The molecule has 2 aromatic heterocycles. The number of rotatable bonds is 0. The van der Waals surface area contributed by atoms with Gasteiger partial charge in [-0.1, -0.05) is 0 Å². The van der Waals surface area contributed by atoms with Crippen molar-refractivity contribution in [2.45, 2.75) is 0 Å². The Kier molecular flexibility index (Phi) is 2.82. The third kappa shape index (κ3) is 2.66. The summed E-state index contributed by atoms with van der Waals surface area (Å²) in [6.45, 7) is 0. The highest BCUT2D eigenvalue weighted by atomic mass is 14.8. The van der Waals surface area contributed by atoms with Gasteiger partial charge in [0.15, 0.2) is 0 Å². The molecule has 0 spiro atoms. The number of aromatic nitrogens is 4. The molecular formula is C6H12N4. The van der Waals surface area contributed by atoms with Crippen LogP contribution in [0.1, 0.15) is 2.85 Å². The van der Waals surface area contributed by atoms with Crippen molar-refractivity contribution in [3.8, 4) is 0 Å². The predicted octanol–water partition coefficient (Wildman–Crippen LogP) is 1.31. The van der Waals surface area contributed by atoms with Gasteiger partial charge in [-0.15, -0.1) is 0 Å². The van der Waals surface area contributed by atoms with Gasteiger partial charge in [0.05, 0.1) is 12.7 Å².